The normalized spacial score (nSPS) is 10.8. The van der Waals surface area contributed by atoms with Crippen LogP contribution < -0.4 is 10.5 Å². The molecular weight excluding hydrogens is 178 g/mol. The number of H-pyrrole nitrogens is 1. The van der Waals surface area contributed by atoms with Crippen LogP contribution >= 0.6 is 0 Å². The van der Waals surface area contributed by atoms with Gasteiger partial charge in [0.05, 0.1) is 24.7 Å². The summed E-state index contributed by atoms with van der Waals surface area (Å²) in [7, 11) is 1.65. The second-order valence-electron chi connectivity index (χ2n) is 3.23. The van der Waals surface area contributed by atoms with E-state index in [2.05, 4.69) is 9.97 Å². The van der Waals surface area contributed by atoms with E-state index >= 15 is 0 Å². The van der Waals surface area contributed by atoms with Gasteiger partial charge in [-0.1, -0.05) is 0 Å². The number of nitrogens with one attached hydrogen (secondary N) is 1. The van der Waals surface area contributed by atoms with Crippen molar-refractivity contribution in [2.45, 2.75) is 13.5 Å². The Balaban J connectivity index is 2.67. The van der Waals surface area contributed by atoms with Gasteiger partial charge in [-0.2, -0.15) is 0 Å². The maximum absolute atomic E-state index is 5.51. The first-order valence-corrected chi connectivity index (χ1v) is 4.48. The number of benzene rings is 1. The summed E-state index contributed by atoms with van der Waals surface area (Å²) in [5.41, 5.74) is 8.54. The highest BCUT2D eigenvalue weighted by Crippen LogP contribution is 2.22. The van der Waals surface area contributed by atoms with Crippen molar-refractivity contribution in [2.24, 2.45) is 5.73 Å². The van der Waals surface area contributed by atoms with E-state index in [9.17, 15) is 0 Å². The molecule has 1 aromatic heterocycles. The van der Waals surface area contributed by atoms with Crippen LogP contribution in [0.2, 0.25) is 0 Å². The van der Waals surface area contributed by atoms with Crippen molar-refractivity contribution in [3.63, 3.8) is 0 Å². The fourth-order valence-corrected chi connectivity index (χ4v) is 1.52. The Hall–Kier alpha value is -1.55. The van der Waals surface area contributed by atoms with Crippen molar-refractivity contribution in [3.8, 4) is 5.75 Å². The molecular formula is C10H13N3O. The number of imidazole rings is 1. The maximum Gasteiger partial charge on any atom is 0.121 e. The Morgan fingerprint density at radius 1 is 1.50 bits per heavy atom. The van der Waals surface area contributed by atoms with Gasteiger partial charge in [0.1, 0.15) is 11.6 Å². The summed E-state index contributed by atoms with van der Waals surface area (Å²) in [6.07, 6.45) is 0. The van der Waals surface area contributed by atoms with Crippen LogP contribution in [-0.4, -0.2) is 17.1 Å². The van der Waals surface area contributed by atoms with Crippen molar-refractivity contribution < 1.29 is 4.74 Å². The number of fused-ring (bicyclic) bond motifs is 1. The number of nitrogens with two attached hydrogens (primary N) is 1. The van der Waals surface area contributed by atoms with Crippen molar-refractivity contribution >= 4 is 11.0 Å². The van der Waals surface area contributed by atoms with Crippen LogP contribution in [0.3, 0.4) is 0 Å². The molecule has 0 atom stereocenters. The van der Waals surface area contributed by atoms with E-state index in [0.29, 0.717) is 6.54 Å². The SMILES string of the molecule is COc1cc(C)c2nc(CN)[nH]c2c1. The molecule has 1 aromatic carbocycles. The van der Waals surface area contributed by atoms with Crippen LogP contribution in [0.4, 0.5) is 0 Å². The molecule has 74 valence electrons. The van der Waals surface area contributed by atoms with Crippen LogP contribution in [0, 0.1) is 6.92 Å². The molecule has 1 heterocycles. The largest absolute Gasteiger partial charge is 0.497 e. The fraction of sp³-hybridized carbons (Fsp3) is 0.300. The predicted molar refractivity (Wildman–Crippen MR) is 55.3 cm³/mol. The molecule has 0 aliphatic rings. The van der Waals surface area contributed by atoms with Crippen LogP contribution in [-0.2, 0) is 6.54 Å². The number of nitrogens with zero attached hydrogens (tertiary/aromatic N) is 1. The number of methoxy groups -OCH3 is 1. The molecule has 4 nitrogen and oxygen atoms in total. The third kappa shape index (κ3) is 1.33. The molecule has 0 bridgehead atoms. The third-order valence-electron chi connectivity index (χ3n) is 2.23. The van der Waals surface area contributed by atoms with Crippen LogP contribution in [0.5, 0.6) is 5.75 Å². The minimum atomic E-state index is 0.427. The molecule has 0 unspecified atom stereocenters. The molecule has 14 heavy (non-hydrogen) atoms. The summed E-state index contributed by atoms with van der Waals surface area (Å²) < 4.78 is 5.17. The lowest BCUT2D eigenvalue weighted by atomic mass is 10.2. The van der Waals surface area contributed by atoms with E-state index in [4.69, 9.17) is 10.5 Å². The molecule has 0 saturated heterocycles. The van der Waals surface area contributed by atoms with Gasteiger partial charge < -0.3 is 15.5 Å². The summed E-state index contributed by atoms with van der Waals surface area (Å²) in [5, 5.41) is 0. The lowest BCUT2D eigenvalue weighted by Crippen LogP contribution is -1.97. The predicted octanol–water partition coefficient (Wildman–Crippen LogP) is 1.34. The molecule has 0 saturated carbocycles. The molecule has 4 heteroatoms. The first-order valence-electron chi connectivity index (χ1n) is 4.48. The quantitative estimate of drug-likeness (QED) is 0.752. The molecule has 3 N–H and O–H groups in total. The molecule has 0 aliphatic heterocycles. The summed E-state index contributed by atoms with van der Waals surface area (Å²) in [6, 6.07) is 3.89. The van der Waals surface area contributed by atoms with Gasteiger partial charge in [0.2, 0.25) is 0 Å². The highest BCUT2D eigenvalue weighted by Gasteiger charge is 2.05. The number of aromatic nitrogens is 2. The van der Waals surface area contributed by atoms with E-state index in [0.717, 1.165) is 28.2 Å². The van der Waals surface area contributed by atoms with Gasteiger partial charge in [-0.05, 0) is 18.6 Å². The van der Waals surface area contributed by atoms with Gasteiger partial charge in [-0.3, -0.25) is 0 Å². The fourth-order valence-electron chi connectivity index (χ4n) is 1.52. The number of hydrogen-bond donors (Lipinski definition) is 2. The molecule has 0 radical (unpaired) electrons. The zero-order valence-electron chi connectivity index (χ0n) is 8.29. The summed E-state index contributed by atoms with van der Waals surface area (Å²) >= 11 is 0. The van der Waals surface area contributed by atoms with Gasteiger partial charge in [-0.25, -0.2) is 4.98 Å². The Kier molecular flexibility index (Phi) is 2.13. The maximum atomic E-state index is 5.51. The minimum absolute atomic E-state index is 0.427. The van der Waals surface area contributed by atoms with Crippen molar-refractivity contribution in [3.05, 3.63) is 23.5 Å². The molecule has 0 fully saturated rings. The van der Waals surface area contributed by atoms with Gasteiger partial charge in [0, 0.05) is 6.07 Å². The average molecular weight is 191 g/mol. The number of ether oxygens (including phenoxy) is 1. The molecule has 0 amide bonds. The van der Waals surface area contributed by atoms with Gasteiger partial charge >= 0.3 is 0 Å². The standard InChI is InChI=1S/C10H13N3O/c1-6-3-7(14-2)4-8-10(6)13-9(5-11)12-8/h3-4H,5,11H2,1-2H3,(H,12,13). The lowest BCUT2D eigenvalue weighted by molar-refractivity contribution is 0.415. The highest BCUT2D eigenvalue weighted by atomic mass is 16.5. The summed E-state index contributed by atoms with van der Waals surface area (Å²) in [6.45, 7) is 2.43. The van der Waals surface area contributed by atoms with E-state index < -0.39 is 0 Å². The van der Waals surface area contributed by atoms with Crippen LogP contribution in [0.25, 0.3) is 11.0 Å². The van der Waals surface area contributed by atoms with E-state index in [1.54, 1.807) is 7.11 Å². The van der Waals surface area contributed by atoms with Crippen LogP contribution in [0.1, 0.15) is 11.4 Å². The number of aromatic amines is 1. The van der Waals surface area contributed by atoms with Crippen molar-refractivity contribution in [2.75, 3.05) is 7.11 Å². The number of rotatable bonds is 2. The lowest BCUT2D eigenvalue weighted by Gasteiger charge is -2.00. The van der Waals surface area contributed by atoms with Gasteiger partial charge in [-0.15, -0.1) is 0 Å². The molecule has 0 spiro atoms. The Morgan fingerprint density at radius 2 is 2.29 bits per heavy atom. The second kappa shape index (κ2) is 3.31. The topological polar surface area (TPSA) is 63.9 Å². The van der Waals surface area contributed by atoms with E-state index in [1.165, 1.54) is 0 Å². The Bertz CT molecular complexity index is 462. The molecule has 2 aromatic rings. The van der Waals surface area contributed by atoms with Crippen molar-refractivity contribution in [1.82, 2.24) is 9.97 Å². The summed E-state index contributed by atoms with van der Waals surface area (Å²) in [4.78, 5) is 7.51. The van der Waals surface area contributed by atoms with Crippen LogP contribution in [0.15, 0.2) is 12.1 Å². The highest BCUT2D eigenvalue weighted by molar-refractivity contribution is 5.80. The zero-order chi connectivity index (χ0) is 10.1. The van der Waals surface area contributed by atoms with Crippen molar-refractivity contribution in [1.29, 1.82) is 0 Å². The smallest absolute Gasteiger partial charge is 0.121 e. The van der Waals surface area contributed by atoms with Gasteiger partial charge in [0.25, 0.3) is 0 Å². The summed E-state index contributed by atoms with van der Waals surface area (Å²) in [5.74, 6) is 1.64. The molecule has 2 rings (SSSR count). The van der Waals surface area contributed by atoms with Gasteiger partial charge in [0.15, 0.2) is 0 Å². The Labute approximate surface area is 82.1 Å². The number of hydrogen-bond acceptors (Lipinski definition) is 3. The third-order valence-corrected chi connectivity index (χ3v) is 2.23. The number of aryl methyl sites for hydroxylation is 1. The van der Waals surface area contributed by atoms with E-state index in [1.807, 2.05) is 19.1 Å². The average Bonchev–Trinajstić information content (AvgIpc) is 2.61. The Morgan fingerprint density at radius 3 is 2.93 bits per heavy atom. The first-order chi connectivity index (χ1) is 6.74. The second-order valence-corrected chi connectivity index (χ2v) is 3.23. The minimum Gasteiger partial charge on any atom is -0.497 e. The zero-order valence-corrected chi connectivity index (χ0v) is 8.29. The first kappa shape index (κ1) is 9.02. The molecule has 0 aliphatic carbocycles. The van der Waals surface area contributed by atoms with E-state index in [-0.39, 0.29) is 0 Å². The monoisotopic (exact) mass is 191 g/mol.